The van der Waals surface area contributed by atoms with Crippen LogP contribution >= 0.6 is 0 Å². The van der Waals surface area contributed by atoms with Gasteiger partial charge < -0.3 is 10.2 Å². The summed E-state index contributed by atoms with van der Waals surface area (Å²) in [4.78, 5) is 13.6. The molecule has 1 aromatic rings. The third kappa shape index (κ3) is 3.00. The summed E-state index contributed by atoms with van der Waals surface area (Å²) in [6.45, 7) is 4.08. The molecule has 2 heterocycles. The summed E-state index contributed by atoms with van der Waals surface area (Å²) in [6, 6.07) is 5.17. The van der Waals surface area contributed by atoms with E-state index in [2.05, 4.69) is 5.32 Å². The lowest BCUT2D eigenvalue weighted by Crippen LogP contribution is -2.31. The number of anilines is 1. The van der Waals surface area contributed by atoms with Crippen LogP contribution in [-0.4, -0.2) is 51.9 Å². The largest absolute Gasteiger partial charge is 0.319 e. The van der Waals surface area contributed by atoms with Gasteiger partial charge in [0.15, 0.2) is 0 Å². The minimum absolute atomic E-state index is 0.0476. The van der Waals surface area contributed by atoms with Crippen LogP contribution in [0.3, 0.4) is 0 Å². The van der Waals surface area contributed by atoms with Gasteiger partial charge in [-0.3, -0.25) is 4.79 Å². The summed E-state index contributed by atoms with van der Waals surface area (Å²) < 4.78 is 27.3. The molecule has 2 aliphatic rings. The van der Waals surface area contributed by atoms with Crippen LogP contribution in [0.15, 0.2) is 23.1 Å². The van der Waals surface area contributed by atoms with Crippen molar-refractivity contribution in [3.05, 3.63) is 23.8 Å². The number of nitrogens with zero attached hydrogens (tertiary/aromatic N) is 2. The van der Waals surface area contributed by atoms with Crippen molar-refractivity contribution in [1.82, 2.24) is 9.62 Å². The van der Waals surface area contributed by atoms with Crippen LogP contribution < -0.4 is 10.2 Å². The molecule has 1 atom stereocenters. The first-order chi connectivity index (χ1) is 10.9. The Morgan fingerprint density at radius 1 is 1.35 bits per heavy atom. The van der Waals surface area contributed by atoms with Gasteiger partial charge in [-0.25, -0.2) is 8.42 Å². The van der Waals surface area contributed by atoms with Crippen LogP contribution in [0.5, 0.6) is 0 Å². The zero-order valence-electron chi connectivity index (χ0n) is 13.6. The molecule has 126 valence electrons. The molecule has 2 aliphatic heterocycles. The number of sulfonamides is 1. The van der Waals surface area contributed by atoms with Crippen LogP contribution in [0.25, 0.3) is 0 Å². The molecule has 0 aromatic heterocycles. The fraction of sp³-hybridized carbons (Fsp3) is 0.562. The predicted molar refractivity (Wildman–Crippen MR) is 89.0 cm³/mol. The number of carbonyl (C=O) groups is 1. The molecular weight excluding hydrogens is 314 g/mol. The summed E-state index contributed by atoms with van der Waals surface area (Å²) in [5.74, 6) is 0.312. The molecule has 1 aromatic carbocycles. The third-order valence-electron chi connectivity index (χ3n) is 4.71. The molecule has 0 aliphatic carbocycles. The maximum atomic E-state index is 12.9. The SMILES string of the molecule is CNC[C@H]1CCN(S(=O)(=O)c2ccc3c(c2)N(C(C)=O)CC3)C1. The molecule has 7 heteroatoms. The Morgan fingerprint density at radius 3 is 2.83 bits per heavy atom. The Balaban J connectivity index is 1.87. The average Bonchev–Trinajstić information content (AvgIpc) is 3.13. The lowest BCUT2D eigenvalue weighted by Gasteiger charge is -2.19. The Labute approximate surface area is 137 Å². The van der Waals surface area contributed by atoms with E-state index in [0.29, 0.717) is 25.6 Å². The zero-order chi connectivity index (χ0) is 16.6. The number of amides is 1. The van der Waals surface area contributed by atoms with Crippen molar-refractivity contribution < 1.29 is 13.2 Å². The van der Waals surface area contributed by atoms with Gasteiger partial charge >= 0.3 is 0 Å². The monoisotopic (exact) mass is 337 g/mol. The number of fused-ring (bicyclic) bond motifs is 1. The third-order valence-corrected chi connectivity index (χ3v) is 6.57. The van der Waals surface area contributed by atoms with Crippen molar-refractivity contribution in [3.8, 4) is 0 Å². The van der Waals surface area contributed by atoms with E-state index >= 15 is 0 Å². The highest BCUT2D eigenvalue weighted by molar-refractivity contribution is 7.89. The molecule has 0 saturated carbocycles. The Kier molecular flexibility index (Phi) is 4.44. The Morgan fingerprint density at radius 2 is 2.13 bits per heavy atom. The number of hydrogen-bond acceptors (Lipinski definition) is 4. The summed E-state index contributed by atoms with van der Waals surface area (Å²) >= 11 is 0. The van der Waals surface area contributed by atoms with Gasteiger partial charge in [0.05, 0.1) is 4.90 Å². The number of carbonyl (C=O) groups excluding carboxylic acids is 1. The smallest absolute Gasteiger partial charge is 0.243 e. The van der Waals surface area contributed by atoms with Crippen LogP contribution in [0.4, 0.5) is 5.69 Å². The average molecular weight is 337 g/mol. The summed E-state index contributed by atoms with van der Waals surface area (Å²) in [5, 5.41) is 3.11. The van der Waals surface area contributed by atoms with Crippen molar-refractivity contribution in [2.45, 2.75) is 24.7 Å². The summed E-state index contributed by atoms with van der Waals surface area (Å²) in [6.07, 6.45) is 1.66. The number of nitrogens with one attached hydrogen (secondary N) is 1. The highest BCUT2D eigenvalue weighted by atomic mass is 32.2. The molecule has 0 bridgehead atoms. The number of rotatable bonds is 4. The van der Waals surface area contributed by atoms with Gasteiger partial charge in [0, 0.05) is 32.2 Å². The highest BCUT2D eigenvalue weighted by Gasteiger charge is 2.33. The van der Waals surface area contributed by atoms with E-state index in [1.807, 2.05) is 13.1 Å². The quantitative estimate of drug-likeness (QED) is 0.883. The molecule has 6 nitrogen and oxygen atoms in total. The van der Waals surface area contributed by atoms with Gasteiger partial charge in [-0.05, 0) is 50.0 Å². The van der Waals surface area contributed by atoms with Crippen LogP contribution in [0.1, 0.15) is 18.9 Å². The van der Waals surface area contributed by atoms with E-state index in [0.717, 1.165) is 30.6 Å². The predicted octanol–water partition coefficient (Wildman–Crippen LogP) is 0.826. The molecule has 3 rings (SSSR count). The number of benzene rings is 1. The van der Waals surface area contributed by atoms with E-state index in [-0.39, 0.29) is 10.8 Å². The molecule has 1 amide bonds. The van der Waals surface area contributed by atoms with Gasteiger partial charge in [-0.15, -0.1) is 0 Å². The minimum atomic E-state index is -3.49. The van der Waals surface area contributed by atoms with Gasteiger partial charge in [-0.1, -0.05) is 6.07 Å². The molecule has 0 spiro atoms. The molecule has 1 saturated heterocycles. The highest BCUT2D eigenvalue weighted by Crippen LogP contribution is 2.32. The van der Waals surface area contributed by atoms with Crippen LogP contribution in [0.2, 0.25) is 0 Å². The van der Waals surface area contributed by atoms with E-state index in [4.69, 9.17) is 0 Å². The van der Waals surface area contributed by atoms with Gasteiger partial charge in [0.1, 0.15) is 0 Å². The molecule has 23 heavy (non-hydrogen) atoms. The molecule has 0 unspecified atom stereocenters. The molecule has 1 fully saturated rings. The van der Waals surface area contributed by atoms with Crippen molar-refractivity contribution in [2.75, 3.05) is 38.1 Å². The summed E-state index contributed by atoms with van der Waals surface area (Å²) in [5.41, 5.74) is 1.78. The topological polar surface area (TPSA) is 69.7 Å². The maximum absolute atomic E-state index is 12.9. The lowest BCUT2D eigenvalue weighted by atomic mass is 10.1. The van der Waals surface area contributed by atoms with Gasteiger partial charge in [-0.2, -0.15) is 4.31 Å². The Bertz CT molecular complexity index is 717. The fourth-order valence-corrected chi connectivity index (χ4v) is 5.02. The second kappa shape index (κ2) is 6.22. The van der Waals surface area contributed by atoms with Crippen LogP contribution in [0, 0.1) is 5.92 Å². The minimum Gasteiger partial charge on any atom is -0.319 e. The molecule has 1 N–H and O–H groups in total. The normalized spacial score (nSPS) is 21.7. The van der Waals surface area contributed by atoms with Crippen molar-refractivity contribution in [3.63, 3.8) is 0 Å². The van der Waals surface area contributed by atoms with E-state index < -0.39 is 10.0 Å². The van der Waals surface area contributed by atoms with Gasteiger partial charge in [0.25, 0.3) is 0 Å². The van der Waals surface area contributed by atoms with E-state index in [1.54, 1.807) is 21.3 Å². The van der Waals surface area contributed by atoms with E-state index in [9.17, 15) is 13.2 Å². The maximum Gasteiger partial charge on any atom is 0.243 e. The van der Waals surface area contributed by atoms with Gasteiger partial charge in [0.2, 0.25) is 15.9 Å². The van der Waals surface area contributed by atoms with Crippen molar-refractivity contribution in [1.29, 1.82) is 0 Å². The standard InChI is InChI=1S/C16H23N3O3S/c1-12(20)19-8-6-14-3-4-15(9-16(14)19)23(21,22)18-7-5-13(11-18)10-17-2/h3-4,9,13,17H,5-8,10-11H2,1-2H3/t13-/m1/s1. The van der Waals surface area contributed by atoms with Crippen molar-refractivity contribution >= 4 is 21.6 Å². The Hall–Kier alpha value is -1.44. The zero-order valence-corrected chi connectivity index (χ0v) is 14.4. The first-order valence-electron chi connectivity index (χ1n) is 7.99. The van der Waals surface area contributed by atoms with E-state index in [1.165, 1.54) is 6.92 Å². The molecular formula is C16H23N3O3S. The summed E-state index contributed by atoms with van der Waals surface area (Å²) in [7, 11) is -1.61. The first kappa shape index (κ1) is 16.4. The van der Waals surface area contributed by atoms with Crippen molar-refractivity contribution in [2.24, 2.45) is 5.92 Å². The molecule has 0 radical (unpaired) electrons. The second-order valence-electron chi connectivity index (χ2n) is 6.29. The van der Waals surface area contributed by atoms with Crippen LogP contribution in [-0.2, 0) is 21.2 Å². The first-order valence-corrected chi connectivity index (χ1v) is 9.43. The number of hydrogen-bond donors (Lipinski definition) is 1. The second-order valence-corrected chi connectivity index (χ2v) is 8.22. The lowest BCUT2D eigenvalue weighted by molar-refractivity contribution is -0.116. The fourth-order valence-electron chi connectivity index (χ4n) is 3.47.